The molecule has 0 bridgehead atoms. The number of nitrogens with zero attached hydrogens (tertiary/aromatic N) is 24. The SMILES string of the molecule is C=CC(=O)N1C[C@H](C)N(c2nc(=O)n(-c3c(C(C)C)nc4c(ncn4C)c3C)c3nc(-c4c(N)cccc4F)c(Cl)cc23)C[C@H]1C.C=CC(=O)N1C[C@H](C)N(c2nc(=O)n(-c3c(C(C)C)nc4c(ncn4C)c3C)c3nc(-c4ccccc4F)c(Cl)cc23)C[C@H]1C.C=CC(=O)N1C[C@H](C)N(c2nc(=O)n(-c3c(C(C)C)nc4c(ncn4C)c3C)c3nc(-c4ccccc4F)c(Cl)cc23)C[C@H]1C. The lowest BCUT2D eigenvalue weighted by atomic mass is 10.0. The van der Waals surface area contributed by atoms with Crippen LogP contribution in [-0.4, -0.2) is 195 Å². The number of hydrogen-bond acceptors (Lipinski definition) is 22. The van der Waals surface area contributed by atoms with Crippen LogP contribution in [0.5, 0.6) is 0 Å². The maximum absolute atomic E-state index is 15.3. The minimum atomic E-state index is -0.601. The molecule has 3 aliphatic heterocycles. The molecule has 0 unspecified atom stereocenters. The van der Waals surface area contributed by atoms with E-state index < -0.39 is 34.5 Å². The van der Waals surface area contributed by atoms with E-state index in [1.807, 2.05) is 153 Å². The number of carbonyl (C=O) groups excluding carboxylic acids is 3. The van der Waals surface area contributed by atoms with Crippen LogP contribution in [0.1, 0.15) is 135 Å². The lowest BCUT2D eigenvalue weighted by Crippen LogP contribution is -2.58. The minimum absolute atomic E-state index is 0.0319. The Morgan fingerprint density at radius 3 is 0.971 bits per heavy atom. The standard InChI is InChI=1S/C33H35ClFN9O2.2C33H34ClFN8O2/c1-8-24(45)42-13-18(5)43(14-17(42)4)30-20-12-21(34)28(25-22(35)10-9-11-23(25)36)39-31(20)44(33(46)40-30)29-19(6)27-32(41(7)15-37-27)38-26(29)16(2)3;2*1-8-25(44)41-14-19(5)42(15-18(41)4)30-22-13-23(34)28(21-11-9-10-12-24(21)35)38-31(22)43(33(45)39-30)29-20(6)27-32(40(7)16-36-27)37-26(29)17(2)3/h8-12,15-18H,1,13-14,36H2,2-7H3;2*8-13,16-19H,1,14-15H2,2-7H3/t17-,18+;2*18-,19+/m111/s1. The Kier molecular flexibility index (Phi) is 26.1. The van der Waals surface area contributed by atoms with Gasteiger partial charge in [0.1, 0.15) is 51.5 Å². The van der Waals surface area contributed by atoms with Gasteiger partial charge in [0.05, 0.1) is 107 Å². The second-order valence-corrected chi connectivity index (χ2v) is 37.2. The van der Waals surface area contributed by atoms with Crippen LogP contribution >= 0.6 is 34.8 Å². The van der Waals surface area contributed by atoms with E-state index in [1.165, 1.54) is 56.2 Å². The molecule has 0 spiro atoms. The number of piperazine rings is 3. The number of nitrogens with two attached hydrogens (primary N) is 1. The molecule has 702 valence electrons. The van der Waals surface area contributed by atoms with Gasteiger partial charge < -0.3 is 48.8 Å². The molecule has 18 rings (SSSR count). The lowest BCUT2D eigenvalue weighted by Gasteiger charge is -2.44. The molecule has 6 atom stereocenters. The van der Waals surface area contributed by atoms with E-state index in [0.717, 1.165) is 16.7 Å². The number of hydrogen-bond donors (Lipinski definition) is 1. The number of imidazole rings is 3. The number of aryl methyl sites for hydroxylation is 6. The molecule has 0 radical (unpaired) electrons. The van der Waals surface area contributed by atoms with Crippen molar-refractivity contribution in [1.29, 1.82) is 0 Å². The number of anilines is 4. The zero-order chi connectivity index (χ0) is 97.8. The molecule has 15 heterocycles. The molecule has 3 fully saturated rings. The number of benzene rings is 3. The highest BCUT2D eigenvalue weighted by Crippen LogP contribution is 2.44. The Balaban J connectivity index is 0.000000148. The summed E-state index contributed by atoms with van der Waals surface area (Å²) in [4.78, 5) is 149. The Hall–Kier alpha value is -14.1. The van der Waals surface area contributed by atoms with Crippen LogP contribution in [0.25, 0.3) is 117 Å². The number of halogens is 6. The Morgan fingerprint density at radius 1 is 0.397 bits per heavy atom. The Labute approximate surface area is 796 Å². The maximum Gasteiger partial charge on any atom is 0.355 e. The quantitative estimate of drug-likeness (QED) is 0.0736. The van der Waals surface area contributed by atoms with Gasteiger partial charge in [0, 0.05) is 130 Å². The number of carbonyl (C=O) groups is 3. The van der Waals surface area contributed by atoms with Crippen LogP contribution in [0.15, 0.2) is 156 Å². The minimum Gasteiger partial charge on any atom is -0.398 e. The summed E-state index contributed by atoms with van der Waals surface area (Å²) < 4.78 is 55.4. The van der Waals surface area contributed by atoms with Crippen molar-refractivity contribution in [3.8, 4) is 50.8 Å². The zero-order valence-corrected chi connectivity index (χ0v) is 80.9. The molecule has 31 nitrogen and oxygen atoms in total. The average molecular weight is 1900 g/mol. The number of aromatic nitrogens is 18. The molecule has 12 aromatic heterocycles. The first-order chi connectivity index (χ1) is 64.7. The van der Waals surface area contributed by atoms with E-state index in [9.17, 15) is 28.8 Å². The monoisotopic (exact) mass is 1900 g/mol. The van der Waals surface area contributed by atoms with Crippen LogP contribution in [-0.2, 0) is 35.5 Å². The molecular formula is C99H103Cl3F3N25O6. The van der Waals surface area contributed by atoms with E-state index in [1.54, 1.807) is 94.3 Å². The summed E-state index contributed by atoms with van der Waals surface area (Å²) in [5.41, 5.74) is 16.1. The number of fused-ring (bicyclic) bond motifs is 6. The van der Waals surface area contributed by atoms with Gasteiger partial charge in [-0.3, -0.25) is 14.4 Å². The van der Waals surface area contributed by atoms with Gasteiger partial charge >= 0.3 is 17.1 Å². The van der Waals surface area contributed by atoms with Crippen molar-refractivity contribution in [2.45, 2.75) is 158 Å². The van der Waals surface area contributed by atoms with E-state index in [4.69, 9.17) is 70.4 Å². The highest BCUT2D eigenvalue weighted by atomic mass is 35.5. The summed E-state index contributed by atoms with van der Waals surface area (Å²) in [6.07, 6.45) is 8.97. The summed E-state index contributed by atoms with van der Waals surface area (Å²) >= 11 is 20.6. The second-order valence-electron chi connectivity index (χ2n) is 36.0. The fraction of sp³-hybridized carbons (Fsp3) is 0.333. The van der Waals surface area contributed by atoms with Crippen molar-refractivity contribution < 1.29 is 27.6 Å². The number of rotatable bonds is 15. The van der Waals surface area contributed by atoms with Gasteiger partial charge in [0.15, 0.2) is 33.9 Å². The maximum atomic E-state index is 15.3. The van der Waals surface area contributed by atoms with Crippen LogP contribution in [0.3, 0.4) is 0 Å². The van der Waals surface area contributed by atoms with Gasteiger partial charge in [-0.25, -0.2) is 86.1 Å². The number of amides is 3. The summed E-state index contributed by atoms with van der Waals surface area (Å²) in [5, 5.41) is 2.05. The summed E-state index contributed by atoms with van der Waals surface area (Å²) in [7, 11) is 5.61. The lowest BCUT2D eigenvalue weighted by molar-refractivity contribution is -0.129. The smallest absolute Gasteiger partial charge is 0.355 e. The normalized spacial score (nSPS) is 17.1. The highest BCUT2D eigenvalue weighted by Gasteiger charge is 2.40. The first-order valence-corrected chi connectivity index (χ1v) is 45.8. The van der Waals surface area contributed by atoms with Gasteiger partial charge in [-0.15, -0.1) is 0 Å². The molecule has 0 aliphatic carbocycles. The number of nitrogen functional groups attached to an aromatic ring is 1. The molecular weight excluding hydrogens is 1800 g/mol. The fourth-order valence-electron chi connectivity index (χ4n) is 18.7. The fourth-order valence-corrected chi connectivity index (χ4v) is 19.4. The molecule has 3 aliphatic rings. The van der Waals surface area contributed by atoms with Gasteiger partial charge in [-0.05, 0) is 153 Å². The van der Waals surface area contributed by atoms with Crippen LogP contribution in [0, 0.1) is 38.2 Å². The van der Waals surface area contributed by atoms with Crippen molar-refractivity contribution in [2.75, 3.05) is 59.7 Å². The Bertz CT molecular complexity index is 7360. The average Bonchev–Trinajstić information content (AvgIpc) is 1.11. The van der Waals surface area contributed by atoms with Crippen molar-refractivity contribution in [1.82, 2.24) is 102 Å². The summed E-state index contributed by atoms with van der Waals surface area (Å²) in [5.74, 6) is -1.17. The molecule has 37 heteroatoms. The van der Waals surface area contributed by atoms with Crippen molar-refractivity contribution in [3.63, 3.8) is 0 Å². The van der Waals surface area contributed by atoms with Crippen LogP contribution in [0.2, 0.25) is 15.1 Å². The molecule has 136 heavy (non-hydrogen) atoms. The molecule has 2 N–H and O–H groups in total. The van der Waals surface area contributed by atoms with E-state index in [-0.39, 0.29) is 143 Å². The van der Waals surface area contributed by atoms with Crippen molar-refractivity contribution in [2.24, 2.45) is 21.1 Å². The predicted octanol–water partition coefficient (Wildman–Crippen LogP) is 16.3. The van der Waals surface area contributed by atoms with Crippen LogP contribution < -0.4 is 37.5 Å². The largest absolute Gasteiger partial charge is 0.398 e. The van der Waals surface area contributed by atoms with Gasteiger partial charge in [-0.1, -0.05) is 126 Å². The molecule has 3 saturated heterocycles. The third kappa shape index (κ3) is 16.7. The van der Waals surface area contributed by atoms with Gasteiger partial charge in [-0.2, -0.15) is 15.0 Å². The predicted molar refractivity (Wildman–Crippen MR) is 528 cm³/mol. The summed E-state index contributed by atoms with van der Waals surface area (Å²) in [6, 6.07) is 20.7. The Morgan fingerprint density at radius 2 is 0.684 bits per heavy atom. The van der Waals surface area contributed by atoms with E-state index in [0.29, 0.717) is 141 Å². The third-order valence-electron chi connectivity index (χ3n) is 25.7. The first kappa shape index (κ1) is 95.1. The molecule has 15 aromatic rings. The highest BCUT2D eigenvalue weighted by molar-refractivity contribution is 6.35. The molecule has 3 aromatic carbocycles. The van der Waals surface area contributed by atoms with E-state index >= 15 is 13.2 Å². The number of pyridine rings is 6. The van der Waals surface area contributed by atoms with Gasteiger partial charge in [0.25, 0.3) is 0 Å². The zero-order valence-electron chi connectivity index (χ0n) is 78.6. The molecule has 3 amide bonds. The van der Waals surface area contributed by atoms with Crippen molar-refractivity contribution >= 4 is 142 Å². The van der Waals surface area contributed by atoms with Gasteiger partial charge in [0.2, 0.25) is 17.7 Å². The van der Waals surface area contributed by atoms with E-state index in [2.05, 4.69) is 49.6 Å². The molecule has 0 saturated carbocycles. The topological polar surface area (TPSA) is 332 Å². The third-order valence-corrected chi connectivity index (χ3v) is 26.5. The second kappa shape index (κ2) is 37.3. The van der Waals surface area contributed by atoms with Crippen molar-refractivity contribution in [3.05, 3.63) is 240 Å². The summed E-state index contributed by atoms with van der Waals surface area (Å²) in [6.45, 7) is 42.7. The first-order valence-electron chi connectivity index (χ1n) is 44.7. The van der Waals surface area contributed by atoms with Crippen LogP contribution in [0.4, 0.5) is 36.3 Å².